The van der Waals surface area contributed by atoms with Crippen LogP contribution in [0.1, 0.15) is 10.6 Å². The third-order valence-corrected chi connectivity index (χ3v) is 3.73. The lowest BCUT2D eigenvalue weighted by Crippen LogP contribution is -2.25. The second-order valence-electron chi connectivity index (χ2n) is 4.67. The topological polar surface area (TPSA) is 53.7 Å². The Labute approximate surface area is 129 Å². The number of benzene rings is 2. The molecule has 0 atom stereocenters. The highest BCUT2D eigenvalue weighted by Gasteiger charge is 2.18. The first kappa shape index (κ1) is 13.7. The highest BCUT2D eigenvalue weighted by molar-refractivity contribution is 9.10. The van der Waals surface area contributed by atoms with Crippen molar-refractivity contribution < 1.29 is 14.3 Å². The normalized spacial score (nSPS) is 10.8. The molecule has 1 heterocycles. The Balaban J connectivity index is 1.94. The number of carbonyl (C=O) groups is 1. The van der Waals surface area contributed by atoms with Gasteiger partial charge in [0.05, 0.1) is 0 Å². The zero-order valence-corrected chi connectivity index (χ0v) is 12.8. The van der Waals surface area contributed by atoms with Gasteiger partial charge >= 0.3 is 0 Å². The van der Waals surface area contributed by atoms with E-state index < -0.39 is 0 Å². The Hall–Kier alpha value is -2.27. The molecule has 0 aliphatic rings. The summed E-state index contributed by atoms with van der Waals surface area (Å²) in [6, 6.07) is 13.8. The van der Waals surface area contributed by atoms with Crippen molar-refractivity contribution in [1.29, 1.82) is 0 Å². The Morgan fingerprint density at radius 2 is 1.86 bits per heavy atom. The van der Waals surface area contributed by atoms with Crippen molar-refractivity contribution in [2.24, 2.45) is 0 Å². The molecule has 106 valence electrons. The van der Waals surface area contributed by atoms with E-state index in [9.17, 15) is 9.90 Å². The van der Waals surface area contributed by atoms with Crippen LogP contribution in [0.2, 0.25) is 0 Å². The molecule has 0 unspecified atom stereocenters. The van der Waals surface area contributed by atoms with Crippen molar-refractivity contribution >= 4 is 38.5 Å². The minimum Gasteiger partial charge on any atom is -0.508 e. The predicted octanol–water partition coefficient (Wildman–Crippen LogP) is 4.18. The van der Waals surface area contributed by atoms with Crippen molar-refractivity contribution in [2.75, 3.05) is 11.9 Å². The summed E-state index contributed by atoms with van der Waals surface area (Å²) in [5.74, 6) is 0.194. The van der Waals surface area contributed by atoms with Gasteiger partial charge in [-0.05, 0) is 48.5 Å². The van der Waals surface area contributed by atoms with E-state index in [2.05, 4.69) is 15.9 Å². The molecule has 2 aromatic carbocycles. The lowest BCUT2D eigenvalue weighted by atomic mass is 10.2. The van der Waals surface area contributed by atoms with Gasteiger partial charge in [0.1, 0.15) is 11.3 Å². The third kappa shape index (κ3) is 2.64. The van der Waals surface area contributed by atoms with Gasteiger partial charge < -0.3 is 14.4 Å². The summed E-state index contributed by atoms with van der Waals surface area (Å²) in [5.41, 5.74) is 1.34. The Morgan fingerprint density at radius 1 is 1.14 bits per heavy atom. The number of furan rings is 1. The molecule has 3 rings (SSSR count). The van der Waals surface area contributed by atoms with Gasteiger partial charge in [-0.1, -0.05) is 15.9 Å². The summed E-state index contributed by atoms with van der Waals surface area (Å²) in [6.07, 6.45) is 0. The Bertz CT molecular complexity index is 808. The fourth-order valence-electron chi connectivity index (χ4n) is 2.07. The maximum Gasteiger partial charge on any atom is 0.293 e. The molecular formula is C16H12BrNO3. The largest absolute Gasteiger partial charge is 0.508 e. The van der Waals surface area contributed by atoms with Crippen LogP contribution in [0, 0.1) is 0 Å². The van der Waals surface area contributed by atoms with Gasteiger partial charge in [-0.2, -0.15) is 0 Å². The molecule has 0 aliphatic carbocycles. The van der Waals surface area contributed by atoms with Crippen molar-refractivity contribution in [3.05, 3.63) is 58.8 Å². The molecule has 0 bridgehead atoms. The van der Waals surface area contributed by atoms with E-state index >= 15 is 0 Å². The van der Waals surface area contributed by atoms with Gasteiger partial charge in [0.2, 0.25) is 0 Å². The fraction of sp³-hybridized carbons (Fsp3) is 0.0625. The number of phenolic OH excluding ortho intramolecular Hbond substituents is 1. The highest BCUT2D eigenvalue weighted by Crippen LogP contribution is 2.25. The van der Waals surface area contributed by atoms with Gasteiger partial charge in [0, 0.05) is 22.6 Å². The standard InChI is InChI=1S/C16H12BrNO3/c1-18(12-4-6-13(19)7-5-12)16(20)15-8-10-2-3-11(17)9-14(10)21-15/h2-9,19H,1H3. The molecule has 0 saturated carbocycles. The number of hydrogen-bond donors (Lipinski definition) is 1. The molecule has 0 aliphatic heterocycles. The van der Waals surface area contributed by atoms with Gasteiger partial charge in [-0.3, -0.25) is 4.79 Å². The number of halogens is 1. The number of hydrogen-bond acceptors (Lipinski definition) is 3. The van der Waals surface area contributed by atoms with Crippen molar-refractivity contribution in [2.45, 2.75) is 0 Å². The number of anilines is 1. The van der Waals surface area contributed by atoms with Gasteiger partial charge in [-0.15, -0.1) is 0 Å². The van der Waals surface area contributed by atoms with Crippen LogP contribution in [0.25, 0.3) is 11.0 Å². The van der Waals surface area contributed by atoms with Gasteiger partial charge in [0.25, 0.3) is 5.91 Å². The van der Waals surface area contributed by atoms with E-state index in [1.165, 1.54) is 17.0 Å². The van der Waals surface area contributed by atoms with E-state index in [1.807, 2.05) is 18.2 Å². The molecule has 0 saturated heterocycles. The molecule has 1 amide bonds. The summed E-state index contributed by atoms with van der Waals surface area (Å²) >= 11 is 3.37. The molecule has 5 heteroatoms. The average Bonchev–Trinajstić information content (AvgIpc) is 2.89. The molecule has 1 N–H and O–H groups in total. The van der Waals surface area contributed by atoms with E-state index in [1.54, 1.807) is 25.2 Å². The summed E-state index contributed by atoms with van der Waals surface area (Å²) in [6.45, 7) is 0. The van der Waals surface area contributed by atoms with Crippen LogP contribution in [-0.2, 0) is 0 Å². The monoisotopic (exact) mass is 345 g/mol. The van der Waals surface area contributed by atoms with E-state index in [0.717, 1.165) is 9.86 Å². The van der Waals surface area contributed by atoms with Gasteiger partial charge in [0.15, 0.2) is 5.76 Å². The van der Waals surface area contributed by atoms with Crippen LogP contribution < -0.4 is 4.90 Å². The van der Waals surface area contributed by atoms with Crippen LogP contribution in [0.3, 0.4) is 0 Å². The zero-order valence-electron chi connectivity index (χ0n) is 11.2. The van der Waals surface area contributed by atoms with Crippen LogP contribution in [0.15, 0.2) is 57.4 Å². The molecular weight excluding hydrogens is 334 g/mol. The molecule has 3 aromatic rings. The Kier molecular flexibility index (Phi) is 3.43. The zero-order chi connectivity index (χ0) is 15.0. The summed E-state index contributed by atoms with van der Waals surface area (Å²) in [7, 11) is 1.66. The summed E-state index contributed by atoms with van der Waals surface area (Å²) in [4.78, 5) is 13.9. The number of nitrogens with zero attached hydrogens (tertiary/aromatic N) is 1. The first-order valence-corrected chi connectivity index (χ1v) is 7.10. The second-order valence-corrected chi connectivity index (χ2v) is 5.59. The molecule has 0 spiro atoms. The molecule has 0 radical (unpaired) electrons. The average molecular weight is 346 g/mol. The summed E-state index contributed by atoms with van der Waals surface area (Å²) < 4.78 is 6.50. The lowest BCUT2D eigenvalue weighted by Gasteiger charge is -2.15. The fourth-order valence-corrected chi connectivity index (χ4v) is 2.41. The minimum absolute atomic E-state index is 0.160. The smallest absolute Gasteiger partial charge is 0.293 e. The predicted molar refractivity (Wildman–Crippen MR) is 84.8 cm³/mol. The maximum atomic E-state index is 12.4. The van der Waals surface area contributed by atoms with E-state index in [-0.39, 0.29) is 17.4 Å². The van der Waals surface area contributed by atoms with E-state index in [4.69, 9.17) is 4.42 Å². The SMILES string of the molecule is CN(C(=O)c1cc2ccc(Br)cc2o1)c1ccc(O)cc1. The first-order chi connectivity index (χ1) is 10.0. The third-order valence-electron chi connectivity index (χ3n) is 3.23. The lowest BCUT2D eigenvalue weighted by molar-refractivity contribution is 0.0968. The summed E-state index contributed by atoms with van der Waals surface area (Å²) in [5, 5.41) is 10.2. The quantitative estimate of drug-likeness (QED) is 0.757. The van der Waals surface area contributed by atoms with Crippen molar-refractivity contribution in [3.63, 3.8) is 0 Å². The molecule has 4 nitrogen and oxygen atoms in total. The van der Waals surface area contributed by atoms with Crippen LogP contribution in [0.5, 0.6) is 5.75 Å². The molecule has 21 heavy (non-hydrogen) atoms. The number of aromatic hydroxyl groups is 1. The van der Waals surface area contributed by atoms with Crippen LogP contribution >= 0.6 is 15.9 Å². The number of amides is 1. The first-order valence-electron chi connectivity index (χ1n) is 6.31. The highest BCUT2D eigenvalue weighted by atomic mass is 79.9. The Morgan fingerprint density at radius 3 is 2.57 bits per heavy atom. The number of rotatable bonds is 2. The van der Waals surface area contributed by atoms with Crippen molar-refractivity contribution in [1.82, 2.24) is 0 Å². The number of carbonyl (C=O) groups excluding carboxylic acids is 1. The number of phenols is 1. The van der Waals surface area contributed by atoms with Crippen molar-refractivity contribution in [3.8, 4) is 5.75 Å². The number of fused-ring (bicyclic) bond motifs is 1. The van der Waals surface area contributed by atoms with Gasteiger partial charge in [-0.25, -0.2) is 0 Å². The molecule has 1 aromatic heterocycles. The maximum absolute atomic E-state index is 12.4. The second kappa shape index (κ2) is 5.26. The van der Waals surface area contributed by atoms with Crippen LogP contribution in [-0.4, -0.2) is 18.1 Å². The van der Waals surface area contributed by atoms with E-state index in [0.29, 0.717) is 11.3 Å². The molecule has 0 fully saturated rings. The minimum atomic E-state index is -0.243. The van der Waals surface area contributed by atoms with Crippen LogP contribution in [0.4, 0.5) is 5.69 Å².